The average molecular weight is 296 g/mol. The predicted molar refractivity (Wildman–Crippen MR) is 83.0 cm³/mol. The van der Waals surface area contributed by atoms with E-state index in [2.05, 4.69) is 29.0 Å². The third kappa shape index (κ3) is 5.55. The first kappa shape index (κ1) is 17.2. The highest BCUT2D eigenvalue weighted by Crippen LogP contribution is 2.26. The number of ether oxygens (including phenoxy) is 1. The van der Waals surface area contributed by atoms with Gasteiger partial charge in [-0.15, -0.1) is 0 Å². The molecule has 1 rings (SSSR count). The standard InChI is InChI=1S/C14H24N4O3/c1-4-9-15-13-8-7-12(18(19)20)14(16-13)21-11-10-17(5-2)6-3/h7-8H,4-6,9-11H2,1-3H3,(H,15,16). The molecule has 1 aromatic heterocycles. The van der Waals surface area contributed by atoms with E-state index in [0.29, 0.717) is 12.4 Å². The zero-order chi connectivity index (χ0) is 15.7. The van der Waals surface area contributed by atoms with Gasteiger partial charge in [-0.05, 0) is 25.6 Å². The van der Waals surface area contributed by atoms with Gasteiger partial charge in [-0.1, -0.05) is 20.8 Å². The van der Waals surface area contributed by atoms with Crippen molar-refractivity contribution < 1.29 is 9.66 Å². The quantitative estimate of drug-likeness (QED) is 0.528. The molecule has 0 saturated heterocycles. The highest BCUT2D eigenvalue weighted by Gasteiger charge is 2.17. The molecule has 0 amide bonds. The van der Waals surface area contributed by atoms with Crippen LogP contribution in [0.5, 0.6) is 5.88 Å². The first-order chi connectivity index (χ1) is 10.1. The molecule has 0 atom stereocenters. The van der Waals surface area contributed by atoms with E-state index in [0.717, 1.165) is 32.6 Å². The summed E-state index contributed by atoms with van der Waals surface area (Å²) >= 11 is 0. The summed E-state index contributed by atoms with van der Waals surface area (Å²) in [5.41, 5.74) is -0.100. The van der Waals surface area contributed by atoms with Crippen LogP contribution in [-0.4, -0.2) is 47.6 Å². The van der Waals surface area contributed by atoms with Gasteiger partial charge in [-0.2, -0.15) is 4.98 Å². The van der Waals surface area contributed by atoms with Crippen molar-refractivity contribution in [1.82, 2.24) is 9.88 Å². The van der Waals surface area contributed by atoms with Crippen molar-refractivity contribution in [2.45, 2.75) is 27.2 Å². The van der Waals surface area contributed by atoms with Crippen molar-refractivity contribution in [3.05, 3.63) is 22.2 Å². The van der Waals surface area contributed by atoms with Crippen LogP contribution in [0.2, 0.25) is 0 Å². The topological polar surface area (TPSA) is 80.5 Å². The van der Waals surface area contributed by atoms with Crippen LogP contribution in [-0.2, 0) is 0 Å². The smallest absolute Gasteiger partial charge is 0.331 e. The van der Waals surface area contributed by atoms with Crippen molar-refractivity contribution in [2.75, 3.05) is 38.1 Å². The van der Waals surface area contributed by atoms with Gasteiger partial charge in [-0.3, -0.25) is 10.1 Å². The Morgan fingerprint density at radius 3 is 2.62 bits per heavy atom. The molecule has 0 aromatic carbocycles. The Balaban J connectivity index is 2.73. The average Bonchev–Trinajstić information content (AvgIpc) is 2.49. The van der Waals surface area contributed by atoms with Crippen LogP contribution in [0.15, 0.2) is 12.1 Å². The number of nitrogens with one attached hydrogen (secondary N) is 1. The number of anilines is 1. The van der Waals surface area contributed by atoms with E-state index in [9.17, 15) is 10.1 Å². The van der Waals surface area contributed by atoms with E-state index in [4.69, 9.17) is 4.74 Å². The Kier molecular flexibility index (Phi) is 7.45. The molecule has 0 aliphatic heterocycles. The zero-order valence-electron chi connectivity index (χ0n) is 13.0. The van der Waals surface area contributed by atoms with Gasteiger partial charge >= 0.3 is 5.69 Å². The molecule has 0 bridgehead atoms. The zero-order valence-corrected chi connectivity index (χ0v) is 13.0. The number of rotatable bonds is 10. The van der Waals surface area contributed by atoms with Crippen LogP contribution in [0.4, 0.5) is 11.5 Å². The summed E-state index contributed by atoms with van der Waals surface area (Å²) in [4.78, 5) is 16.9. The van der Waals surface area contributed by atoms with Crippen molar-refractivity contribution in [1.29, 1.82) is 0 Å². The summed E-state index contributed by atoms with van der Waals surface area (Å²) in [5, 5.41) is 14.1. The van der Waals surface area contributed by atoms with Gasteiger partial charge in [0.05, 0.1) is 4.92 Å². The normalized spacial score (nSPS) is 10.7. The summed E-state index contributed by atoms with van der Waals surface area (Å²) in [6.07, 6.45) is 0.955. The third-order valence-corrected chi connectivity index (χ3v) is 3.13. The minimum atomic E-state index is -0.469. The molecule has 1 N–H and O–H groups in total. The van der Waals surface area contributed by atoms with Crippen molar-refractivity contribution in [2.24, 2.45) is 0 Å². The largest absolute Gasteiger partial charge is 0.471 e. The Labute approximate surface area is 125 Å². The lowest BCUT2D eigenvalue weighted by atomic mass is 10.4. The van der Waals surface area contributed by atoms with E-state index >= 15 is 0 Å². The summed E-state index contributed by atoms with van der Waals surface area (Å²) in [5.74, 6) is 0.675. The minimum absolute atomic E-state index is 0.0771. The predicted octanol–water partition coefficient (Wildman–Crippen LogP) is 2.53. The molecule has 0 aliphatic rings. The lowest BCUT2D eigenvalue weighted by Crippen LogP contribution is -2.28. The van der Waals surface area contributed by atoms with Gasteiger partial charge in [0.15, 0.2) is 0 Å². The van der Waals surface area contributed by atoms with Gasteiger partial charge in [0.1, 0.15) is 12.4 Å². The van der Waals surface area contributed by atoms with E-state index in [1.807, 2.05) is 6.92 Å². The third-order valence-electron chi connectivity index (χ3n) is 3.13. The number of hydrogen-bond donors (Lipinski definition) is 1. The summed E-state index contributed by atoms with van der Waals surface area (Å²) in [6.45, 7) is 9.90. The Hall–Kier alpha value is -1.89. The lowest BCUT2D eigenvalue weighted by Gasteiger charge is -2.17. The maximum absolute atomic E-state index is 11.0. The van der Waals surface area contributed by atoms with E-state index in [-0.39, 0.29) is 11.6 Å². The first-order valence-electron chi connectivity index (χ1n) is 7.36. The van der Waals surface area contributed by atoms with Gasteiger partial charge in [0.25, 0.3) is 5.88 Å². The van der Waals surface area contributed by atoms with Crippen molar-refractivity contribution in [3.8, 4) is 5.88 Å². The van der Waals surface area contributed by atoms with Crippen LogP contribution in [0.1, 0.15) is 27.2 Å². The number of likely N-dealkylation sites (N-methyl/N-ethyl adjacent to an activating group) is 1. The van der Waals surface area contributed by atoms with E-state index in [1.165, 1.54) is 6.07 Å². The molecule has 7 nitrogen and oxygen atoms in total. The summed E-state index contributed by atoms with van der Waals surface area (Å²) in [7, 11) is 0. The highest BCUT2D eigenvalue weighted by atomic mass is 16.6. The van der Waals surface area contributed by atoms with E-state index < -0.39 is 4.92 Å². The minimum Gasteiger partial charge on any atom is -0.471 e. The second-order valence-corrected chi connectivity index (χ2v) is 4.58. The molecule has 0 spiro atoms. The molecular formula is C14H24N4O3. The maximum Gasteiger partial charge on any atom is 0.331 e. The van der Waals surface area contributed by atoms with E-state index in [1.54, 1.807) is 6.07 Å². The van der Waals surface area contributed by atoms with Gasteiger partial charge in [0, 0.05) is 19.2 Å². The van der Waals surface area contributed by atoms with Crippen molar-refractivity contribution >= 4 is 11.5 Å². The van der Waals surface area contributed by atoms with Crippen LogP contribution in [0, 0.1) is 10.1 Å². The van der Waals surface area contributed by atoms with Crippen LogP contribution < -0.4 is 10.1 Å². The number of nitrogens with zero attached hydrogens (tertiary/aromatic N) is 3. The number of hydrogen-bond acceptors (Lipinski definition) is 6. The fourth-order valence-electron chi connectivity index (χ4n) is 1.84. The van der Waals surface area contributed by atoms with Gasteiger partial charge in [0.2, 0.25) is 0 Å². The highest BCUT2D eigenvalue weighted by molar-refractivity contribution is 5.49. The van der Waals surface area contributed by atoms with Crippen LogP contribution in [0.25, 0.3) is 0 Å². The maximum atomic E-state index is 11.0. The SMILES string of the molecule is CCCNc1ccc([N+](=O)[O-])c(OCCN(CC)CC)n1. The van der Waals surface area contributed by atoms with Gasteiger partial charge in [-0.25, -0.2) is 0 Å². The number of nitro groups is 1. The molecule has 0 unspecified atom stereocenters. The molecule has 0 aliphatic carbocycles. The van der Waals surface area contributed by atoms with Crippen LogP contribution >= 0.6 is 0 Å². The number of aromatic nitrogens is 1. The molecule has 1 heterocycles. The molecule has 0 fully saturated rings. The molecule has 0 radical (unpaired) electrons. The fraction of sp³-hybridized carbons (Fsp3) is 0.643. The molecule has 21 heavy (non-hydrogen) atoms. The summed E-state index contributed by atoms with van der Waals surface area (Å²) in [6, 6.07) is 3.03. The first-order valence-corrected chi connectivity index (χ1v) is 7.36. The number of pyridine rings is 1. The lowest BCUT2D eigenvalue weighted by molar-refractivity contribution is -0.386. The van der Waals surface area contributed by atoms with Gasteiger partial charge < -0.3 is 15.0 Å². The molecule has 118 valence electrons. The second kappa shape index (κ2) is 9.12. The molecular weight excluding hydrogens is 272 g/mol. The monoisotopic (exact) mass is 296 g/mol. The molecule has 0 saturated carbocycles. The fourth-order valence-corrected chi connectivity index (χ4v) is 1.84. The van der Waals surface area contributed by atoms with Crippen molar-refractivity contribution in [3.63, 3.8) is 0 Å². The van der Waals surface area contributed by atoms with Crippen LogP contribution in [0.3, 0.4) is 0 Å². The molecule has 1 aromatic rings. The Morgan fingerprint density at radius 1 is 1.33 bits per heavy atom. The Morgan fingerprint density at radius 2 is 2.05 bits per heavy atom. The molecule has 7 heteroatoms. The summed E-state index contributed by atoms with van der Waals surface area (Å²) < 4.78 is 5.52. The second-order valence-electron chi connectivity index (χ2n) is 4.58. The Bertz CT molecular complexity index is 450.